The summed E-state index contributed by atoms with van der Waals surface area (Å²) in [6.45, 7) is 3.75. The molecule has 0 unspecified atom stereocenters. The third-order valence-corrected chi connectivity index (χ3v) is 7.15. The molecule has 3 heterocycles. The number of benzene rings is 3. The Morgan fingerprint density at radius 1 is 1.14 bits per heavy atom. The zero-order valence-corrected chi connectivity index (χ0v) is 20.9. The maximum atomic E-state index is 16.2. The molecule has 0 radical (unpaired) electrons. The fourth-order valence-electron chi connectivity index (χ4n) is 5.09. The molecule has 2 fully saturated rings. The van der Waals surface area contributed by atoms with E-state index in [4.69, 9.17) is 19.2 Å². The highest BCUT2D eigenvalue weighted by atomic mass is 19.1. The van der Waals surface area contributed by atoms with Crippen molar-refractivity contribution in [1.82, 2.24) is 9.55 Å². The van der Waals surface area contributed by atoms with Crippen LogP contribution >= 0.6 is 0 Å². The number of rotatable bonds is 7. The standard InChI is InChI=1S/C29H28FN3O4/c1-18-25(35-2)14-22(27(30)28(18)37-15-19-7-4-3-5-8-19)29-31-23-13-20(32-12-6-9-26(32)34)10-11-24(23)33(29)21-16-36-17-21/h3-5,7-8,10-11,13-14,21H,6,9,12,15-17H2,1-2H3. The fourth-order valence-corrected chi connectivity index (χ4v) is 5.09. The molecule has 0 bridgehead atoms. The Labute approximate surface area is 214 Å². The fraction of sp³-hybridized carbons (Fsp3) is 0.310. The number of carbonyl (C=O) groups is 1. The lowest BCUT2D eigenvalue weighted by Crippen LogP contribution is -2.31. The van der Waals surface area contributed by atoms with Crippen molar-refractivity contribution in [3.05, 3.63) is 71.5 Å². The summed E-state index contributed by atoms with van der Waals surface area (Å²) in [5, 5.41) is 0. The smallest absolute Gasteiger partial charge is 0.227 e. The van der Waals surface area contributed by atoms with Gasteiger partial charge in [-0.15, -0.1) is 0 Å². The van der Waals surface area contributed by atoms with Crippen molar-refractivity contribution in [2.24, 2.45) is 0 Å². The van der Waals surface area contributed by atoms with Gasteiger partial charge in [0.25, 0.3) is 0 Å². The first kappa shape index (κ1) is 23.5. The number of amides is 1. The zero-order chi connectivity index (χ0) is 25.5. The van der Waals surface area contributed by atoms with Crippen molar-refractivity contribution < 1.29 is 23.4 Å². The Morgan fingerprint density at radius 3 is 2.62 bits per heavy atom. The van der Waals surface area contributed by atoms with Crippen LogP contribution in [0.25, 0.3) is 22.4 Å². The molecule has 2 aliphatic heterocycles. The molecule has 2 aliphatic rings. The SMILES string of the molecule is COc1cc(-c2nc3cc(N4CCCC4=O)ccc3n2C2COC2)c(F)c(OCc2ccccc2)c1C. The van der Waals surface area contributed by atoms with Gasteiger partial charge < -0.3 is 23.7 Å². The first-order valence-electron chi connectivity index (χ1n) is 12.5. The molecule has 0 saturated carbocycles. The van der Waals surface area contributed by atoms with Gasteiger partial charge >= 0.3 is 0 Å². The topological polar surface area (TPSA) is 65.8 Å². The van der Waals surface area contributed by atoms with Crippen molar-refractivity contribution in [3.63, 3.8) is 0 Å². The normalized spacial score (nSPS) is 15.9. The quantitative estimate of drug-likeness (QED) is 0.338. The van der Waals surface area contributed by atoms with Crippen LogP contribution < -0.4 is 14.4 Å². The number of aromatic nitrogens is 2. The highest BCUT2D eigenvalue weighted by Crippen LogP contribution is 2.41. The number of imidazole rings is 1. The number of methoxy groups -OCH3 is 1. The van der Waals surface area contributed by atoms with Crippen LogP contribution in [0.2, 0.25) is 0 Å². The third kappa shape index (κ3) is 4.11. The predicted octanol–water partition coefficient (Wildman–Crippen LogP) is 5.44. The summed E-state index contributed by atoms with van der Waals surface area (Å²) in [4.78, 5) is 19.0. The van der Waals surface area contributed by atoms with Crippen molar-refractivity contribution in [2.75, 3.05) is 31.8 Å². The summed E-state index contributed by atoms with van der Waals surface area (Å²) in [6.07, 6.45) is 1.40. The molecule has 3 aromatic carbocycles. The second kappa shape index (κ2) is 9.52. The predicted molar refractivity (Wildman–Crippen MR) is 139 cm³/mol. The number of halogens is 1. The highest BCUT2D eigenvalue weighted by molar-refractivity contribution is 5.97. The van der Waals surface area contributed by atoms with Gasteiger partial charge in [0.05, 0.1) is 43.0 Å². The molecule has 1 aromatic heterocycles. The van der Waals surface area contributed by atoms with E-state index in [0.717, 1.165) is 23.2 Å². The Kier molecular flexibility index (Phi) is 6.04. The molecular formula is C29H28FN3O4. The first-order valence-corrected chi connectivity index (χ1v) is 12.5. The van der Waals surface area contributed by atoms with E-state index in [1.807, 2.05) is 53.1 Å². The molecule has 1 amide bonds. The monoisotopic (exact) mass is 501 g/mol. The molecule has 0 aliphatic carbocycles. The molecule has 7 nitrogen and oxygen atoms in total. The van der Waals surface area contributed by atoms with Crippen LogP contribution in [0, 0.1) is 12.7 Å². The van der Waals surface area contributed by atoms with Crippen LogP contribution in [0.3, 0.4) is 0 Å². The van der Waals surface area contributed by atoms with Crippen LogP contribution in [0.15, 0.2) is 54.6 Å². The van der Waals surface area contributed by atoms with Gasteiger partial charge in [0, 0.05) is 24.2 Å². The average molecular weight is 502 g/mol. The van der Waals surface area contributed by atoms with Crippen molar-refractivity contribution in [1.29, 1.82) is 0 Å². The van der Waals surface area contributed by atoms with Gasteiger partial charge in [-0.2, -0.15) is 0 Å². The Bertz CT molecular complexity index is 1480. The maximum absolute atomic E-state index is 16.2. The van der Waals surface area contributed by atoms with Gasteiger partial charge in [-0.1, -0.05) is 30.3 Å². The van der Waals surface area contributed by atoms with Crippen LogP contribution in [0.1, 0.15) is 30.0 Å². The van der Waals surface area contributed by atoms with Gasteiger partial charge in [-0.3, -0.25) is 4.79 Å². The van der Waals surface area contributed by atoms with Crippen LogP contribution in [0.5, 0.6) is 11.5 Å². The Balaban J connectivity index is 1.47. The van der Waals surface area contributed by atoms with Gasteiger partial charge in [0.15, 0.2) is 11.6 Å². The minimum atomic E-state index is -0.485. The summed E-state index contributed by atoms with van der Waals surface area (Å²) in [6, 6.07) is 17.2. The van der Waals surface area contributed by atoms with E-state index >= 15 is 4.39 Å². The largest absolute Gasteiger partial charge is 0.496 e. The average Bonchev–Trinajstić information content (AvgIpc) is 3.47. The number of carbonyl (C=O) groups excluding carboxylic acids is 1. The number of nitrogens with zero attached hydrogens (tertiary/aromatic N) is 3. The molecule has 4 aromatic rings. The van der Waals surface area contributed by atoms with E-state index in [9.17, 15) is 4.79 Å². The van der Waals surface area contributed by atoms with Crippen LogP contribution in [0.4, 0.5) is 10.1 Å². The minimum Gasteiger partial charge on any atom is -0.496 e. The van der Waals surface area contributed by atoms with Crippen molar-refractivity contribution in [3.8, 4) is 22.9 Å². The van der Waals surface area contributed by atoms with Crippen molar-refractivity contribution in [2.45, 2.75) is 32.4 Å². The van der Waals surface area contributed by atoms with Crippen LogP contribution in [-0.2, 0) is 16.1 Å². The number of ether oxygens (including phenoxy) is 3. The maximum Gasteiger partial charge on any atom is 0.227 e. The van der Waals surface area contributed by atoms with E-state index < -0.39 is 5.82 Å². The summed E-state index contributed by atoms with van der Waals surface area (Å²) >= 11 is 0. The molecule has 0 N–H and O–H groups in total. The van der Waals surface area contributed by atoms with E-state index in [-0.39, 0.29) is 24.3 Å². The van der Waals surface area contributed by atoms with Gasteiger partial charge in [-0.25, -0.2) is 9.37 Å². The molecule has 37 heavy (non-hydrogen) atoms. The second-order valence-electron chi connectivity index (χ2n) is 9.49. The lowest BCUT2D eigenvalue weighted by Gasteiger charge is -2.29. The van der Waals surface area contributed by atoms with E-state index in [1.165, 1.54) is 0 Å². The van der Waals surface area contributed by atoms with E-state index in [0.29, 0.717) is 54.4 Å². The minimum absolute atomic E-state index is 0.0275. The van der Waals surface area contributed by atoms with Crippen LogP contribution in [-0.4, -0.2) is 42.3 Å². The number of hydrogen-bond donors (Lipinski definition) is 0. The van der Waals surface area contributed by atoms with Gasteiger partial charge in [-0.05, 0) is 43.2 Å². The summed E-state index contributed by atoms with van der Waals surface area (Å²) < 4.78 is 35.3. The summed E-state index contributed by atoms with van der Waals surface area (Å²) in [5.74, 6) is 0.770. The van der Waals surface area contributed by atoms with E-state index in [1.54, 1.807) is 25.0 Å². The summed E-state index contributed by atoms with van der Waals surface area (Å²) in [7, 11) is 1.56. The molecule has 6 rings (SSSR count). The van der Waals surface area contributed by atoms with E-state index in [2.05, 4.69) is 0 Å². The van der Waals surface area contributed by atoms with Crippen molar-refractivity contribution >= 4 is 22.6 Å². The highest BCUT2D eigenvalue weighted by Gasteiger charge is 2.30. The molecule has 2 saturated heterocycles. The number of anilines is 1. The second-order valence-corrected chi connectivity index (χ2v) is 9.49. The Hall–Kier alpha value is -3.91. The molecule has 0 spiro atoms. The lowest BCUT2D eigenvalue weighted by atomic mass is 10.1. The lowest BCUT2D eigenvalue weighted by molar-refractivity contribution is -0.117. The molecule has 8 heteroatoms. The number of hydrogen-bond acceptors (Lipinski definition) is 5. The number of fused-ring (bicyclic) bond motifs is 1. The summed E-state index contributed by atoms with van der Waals surface area (Å²) in [5.41, 5.74) is 4.20. The molecular weight excluding hydrogens is 473 g/mol. The zero-order valence-electron chi connectivity index (χ0n) is 20.9. The molecule has 190 valence electrons. The Morgan fingerprint density at radius 2 is 1.95 bits per heavy atom. The third-order valence-electron chi connectivity index (χ3n) is 7.15. The molecule has 0 atom stereocenters. The van der Waals surface area contributed by atoms with Gasteiger partial charge in [0.2, 0.25) is 5.91 Å². The van der Waals surface area contributed by atoms with Gasteiger partial charge in [0.1, 0.15) is 18.2 Å². The first-order chi connectivity index (χ1) is 18.0.